The Balaban J connectivity index is 0.000000853. The summed E-state index contributed by atoms with van der Waals surface area (Å²) in [5.74, 6) is 1.46. The van der Waals surface area contributed by atoms with Crippen LogP contribution < -0.4 is 28.3 Å². The predicted octanol–water partition coefficient (Wildman–Crippen LogP) is -1.74. The van der Waals surface area contributed by atoms with E-state index in [-0.39, 0.29) is 31.9 Å². The molecule has 4 nitrogen and oxygen atoms in total. The van der Waals surface area contributed by atoms with Crippen LogP contribution in [0.25, 0.3) is 0 Å². The summed E-state index contributed by atoms with van der Waals surface area (Å²) >= 11 is 0. The van der Waals surface area contributed by atoms with Crippen molar-refractivity contribution in [3.63, 3.8) is 0 Å². The second kappa shape index (κ2) is 4.46. The van der Waals surface area contributed by atoms with E-state index >= 15 is 0 Å². The maximum Gasteiger partial charge on any atom is 1.00 e. The molecule has 0 amide bonds. The van der Waals surface area contributed by atoms with Gasteiger partial charge in [0.25, 0.3) is 0 Å². The maximum absolute atomic E-state index is 5.35. The van der Waals surface area contributed by atoms with Gasteiger partial charge in [-0.15, -0.1) is 17.7 Å². The standard InChI is InChI=1S/C10H9O4.Li/c1-2-8-9(14-6-13-8)5-7(1)10-11-3-4-12-10;/h2,5,10H,3-4,6H2;/q-1;+1. The van der Waals surface area contributed by atoms with Gasteiger partial charge in [0, 0.05) is 0 Å². The summed E-state index contributed by atoms with van der Waals surface area (Å²) < 4.78 is 21.1. The van der Waals surface area contributed by atoms with Crippen molar-refractivity contribution in [2.24, 2.45) is 0 Å². The minimum Gasteiger partial charge on any atom is -0.516 e. The smallest absolute Gasteiger partial charge is 0.516 e. The molecule has 1 aromatic rings. The van der Waals surface area contributed by atoms with Crippen molar-refractivity contribution < 1.29 is 37.8 Å². The summed E-state index contributed by atoms with van der Waals surface area (Å²) in [6, 6.07) is 6.65. The molecule has 1 fully saturated rings. The Morgan fingerprint density at radius 1 is 1.13 bits per heavy atom. The minimum absolute atomic E-state index is 0. The molecule has 3 rings (SSSR count). The zero-order chi connectivity index (χ0) is 9.38. The molecule has 2 aliphatic heterocycles. The Hall–Kier alpha value is -0.663. The summed E-state index contributed by atoms with van der Waals surface area (Å²) in [5, 5.41) is 0. The molecule has 0 spiro atoms. The van der Waals surface area contributed by atoms with E-state index in [0.29, 0.717) is 13.2 Å². The van der Waals surface area contributed by atoms with Gasteiger partial charge in [-0.1, -0.05) is 0 Å². The van der Waals surface area contributed by atoms with Gasteiger partial charge in [-0.05, 0) is 0 Å². The van der Waals surface area contributed by atoms with Crippen LogP contribution in [0.4, 0.5) is 0 Å². The fourth-order valence-corrected chi connectivity index (χ4v) is 1.53. The molecule has 5 heteroatoms. The van der Waals surface area contributed by atoms with Gasteiger partial charge in [0.2, 0.25) is 6.79 Å². The molecule has 15 heavy (non-hydrogen) atoms. The molecule has 74 valence electrons. The summed E-state index contributed by atoms with van der Waals surface area (Å²) in [7, 11) is 0. The number of hydrogen-bond acceptors (Lipinski definition) is 4. The summed E-state index contributed by atoms with van der Waals surface area (Å²) in [6.45, 7) is 1.54. The first kappa shape index (κ1) is 10.8. The number of fused-ring (bicyclic) bond motifs is 1. The van der Waals surface area contributed by atoms with E-state index in [4.69, 9.17) is 18.9 Å². The molecule has 0 N–H and O–H groups in total. The fraction of sp³-hybridized carbons (Fsp3) is 0.400. The Bertz CT molecular complexity index is 349. The van der Waals surface area contributed by atoms with Crippen molar-refractivity contribution in [2.45, 2.75) is 6.29 Å². The average molecular weight is 200 g/mol. The zero-order valence-corrected chi connectivity index (χ0v) is 8.49. The van der Waals surface area contributed by atoms with E-state index in [1.165, 1.54) is 0 Å². The number of rotatable bonds is 1. The van der Waals surface area contributed by atoms with E-state index < -0.39 is 0 Å². The first-order valence-corrected chi connectivity index (χ1v) is 4.48. The molecule has 0 aliphatic carbocycles. The Kier molecular flexibility index (Phi) is 3.22. The summed E-state index contributed by atoms with van der Waals surface area (Å²) in [5.41, 5.74) is 0.853. The molecule has 1 aromatic carbocycles. The van der Waals surface area contributed by atoms with Gasteiger partial charge in [-0.25, -0.2) is 0 Å². The van der Waals surface area contributed by atoms with E-state index in [1.807, 2.05) is 6.07 Å². The molecular weight excluding hydrogens is 191 g/mol. The summed E-state index contributed by atoms with van der Waals surface area (Å²) in [6.07, 6.45) is -0.301. The third-order valence-corrected chi connectivity index (χ3v) is 2.20. The molecule has 0 aromatic heterocycles. The third-order valence-electron chi connectivity index (χ3n) is 2.20. The molecule has 0 bridgehead atoms. The van der Waals surface area contributed by atoms with Crippen molar-refractivity contribution in [1.82, 2.24) is 0 Å². The van der Waals surface area contributed by atoms with Crippen LogP contribution in [0.15, 0.2) is 12.1 Å². The minimum atomic E-state index is -0.301. The van der Waals surface area contributed by atoms with Crippen LogP contribution in [0.1, 0.15) is 11.9 Å². The van der Waals surface area contributed by atoms with E-state index in [2.05, 4.69) is 6.07 Å². The molecule has 0 radical (unpaired) electrons. The molecule has 1 saturated heterocycles. The average Bonchev–Trinajstić information content (AvgIpc) is 2.88. The van der Waals surface area contributed by atoms with Crippen LogP contribution in [0.2, 0.25) is 0 Å². The molecule has 2 aliphatic rings. The van der Waals surface area contributed by atoms with E-state index in [1.54, 1.807) is 6.07 Å². The topological polar surface area (TPSA) is 36.9 Å². The van der Waals surface area contributed by atoms with Gasteiger partial charge in [0.1, 0.15) is 0 Å². The quantitative estimate of drug-likeness (QED) is 0.398. The largest absolute Gasteiger partial charge is 1.00 e. The number of benzene rings is 1. The number of hydrogen-bond donors (Lipinski definition) is 0. The van der Waals surface area contributed by atoms with Crippen LogP contribution in [0.3, 0.4) is 0 Å². The monoisotopic (exact) mass is 200 g/mol. The van der Waals surface area contributed by atoms with Crippen LogP contribution in [-0.4, -0.2) is 20.0 Å². The van der Waals surface area contributed by atoms with Gasteiger partial charge in [-0.3, -0.25) is 0 Å². The van der Waals surface area contributed by atoms with Crippen molar-refractivity contribution in [3.05, 3.63) is 23.8 Å². The second-order valence-corrected chi connectivity index (χ2v) is 3.10. The van der Waals surface area contributed by atoms with Gasteiger partial charge < -0.3 is 18.9 Å². The molecule has 0 unspecified atom stereocenters. The van der Waals surface area contributed by atoms with Crippen molar-refractivity contribution in [1.29, 1.82) is 0 Å². The Labute approximate surface area is 99.6 Å². The molecule has 2 heterocycles. The van der Waals surface area contributed by atoms with Gasteiger partial charge in [-0.2, -0.15) is 6.07 Å². The van der Waals surface area contributed by atoms with Crippen molar-refractivity contribution in [2.75, 3.05) is 20.0 Å². The second-order valence-electron chi connectivity index (χ2n) is 3.10. The van der Waals surface area contributed by atoms with Crippen LogP contribution in [0, 0.1) is 6.07 Å². The molecular formula is C10H9LiO4. The Morgan fingerprint density at radius 2 is 1.87 bits per heavy atom. The SMILES string of the molecule is [Li+].[c-]1cc2c(cc1C1OCCO1)OCO2. The summed E-state index contributed by atoms with van der Waals surface area (Å²) in [4.78, 5) is 0. The number of ether oxygens (including phenoxy) is 4. The van der Waals surface area contributed by atoms with Crippen LogP contribution in [0.5, 0.6) is 11.5 Å². The third kappa shape index (κ3) is 1.99. The Morgan fingerprint density at radius 3 is 2.67 bits per heavy atom. The van der Waals surface area contributed by atoms with Crippen molar-refractivity contribution >= 4 is 0 Å². The molecule has 0 saturated carbocycles. The van der Waals surface area contributed by atoms with E-state index in [9.17, 15) is 0 Å². The van der Waals surface area contributed by atoms with Crippen LogP contribution >= 0.6 is 0 Å². The first-order chi connectivity index (χ1) is 6.93. The fourth-order valence-electron chi connectivity index (χ4n) is 1.53. The molecule has 0 atom stereocenters. The van der Waals surface area contributed by atoms with Gasteiger partial charge >= 0.3 is 18.9 Å². The van der Waals surface area contributed by atoms with Crippen LogP contribution in [-0.2, 0) is 9.47 Å². The normalized spacial score (nSPS) is 18.9. The van der Waals surface area contributed by atoms with Gasteiger partial charge in [0.15, 0.2) is 6.29 Å². The van der Waals surface area contributed by atoms with Crippen molar-refractivity contribution in [3.8, 4) is 11.5 Å². The zero-order valence-electron chi connectivity index (χ0n) is 8.49. The maximum atomic E-state index is 5.35. The van der Waals surface area contributed by atoms with Gasteiger partial charge in [0.05, 0.1) is 24.7 Å². The predicted molar refractivity (Wildman–Crippen MR) is 46.0 cm³/mol. The van der Waals surface area contributed by atoms with E-state index in [0.717, 1.165) is 17.1 Å². The first-order valence-electron chi connectivity index (χ1n) is 4.48.